The van der Waals surface area contributed by atoms with Crippen molar-refractivity contribution in [3.63, 3.8) is 0 Å². The second-order valence-electron chi connectivity index (χ2n) is 4.41. The van der Waals surface area contributed by atoms with E-state index >= 15 is 0 Å². The average molecular weight is 220 g/mol. The Labute approximate surface area is 84.2 Å². The third-order valence-corrected chi connectivity index (χ3v) is 6.56. The third-order valence-electron chi connectivity index (χ3n) is 2.01. The van der Waals surface area contributed by atoms with E-state index in [1.165, 1.54) is 0 Å². The Morgan fingerprint density at radius 1 is 0.846 bits per heavy atom. The van der Waals surface area contributed by atoms with Gasteiger partial charge in [-0.1, -0.05) is 19.6 Å². The molecule has 0 radical (unpaired) electrons. The van der Waals surface area contributed by atoms with Crippen molar-refractivity contribution < 1.29 is 0 Å². The average Bonchev–Trinajstić information content (AvgIpc) is 2.06. The van der Waals surface area contributed by atoms with Crippen molar-refractivity contribution in [2.75, 3.05) is 27.3 Å². The van der Waals surface area contributed by atoms with Crippen molar-refractivity contribution in [2.24, 2.45) is 0 Å². The van der Waals surface area contributed by atoms with Crippen LogP contribution in [0.4, 0.5) is 0 Å². The molecule has 0 amide bonds. The Bertz CT molecular complexity index is 134. The van der Waals surface area contributed by atoms with E-state index in [1.807, 2.05) is 21.1 Å². The zero-order valence-electron chi connectivity index (χ0n) is 9.71. The predicted molar refractivity (Wildman–Crippen MR) is 64.3 cm³/mol. The molecular formula is C7H24N4Si2. The fourth-order valence-corrected chi connectivity index (χ4v) is 5.50. The summed E-state index contributed by atoms with van der Waals surface area (Å²) in [5.74, 6) is 0. The standard InChI is InChI=1S/C7H24N4Si2/c1-8-13(9-2,10-3)11-7-12(4,5)6/h8-11H,7H2,1-6H3. The summed E-state index contributed by atoms with van der Waals surface area (Å²) >= 11 is 0. The van der Waals surface area contributed by atoms with Crippen molar-refractivity contribution >= 4 is 16.8 Å². The highest BCUT2D eigenvalue weighted by Crippen LogP contribution is 1.97. The summed E-state index contributed by atoms with van der Waals surface area (Å²) in [6.45, 7) is 7.08. The molecule has 0 saturated carbocycles. The van der Waals surface area contributed by atoms with E-state index in [9.17, 15) is 0 Å². The lowest BCUT2D eigenvalue weighted by atomic mass is 11.5. The third kappa shape index (κ3) is 4.89. The van der Waals surface area contributed by atoms with E-state index in [0.29, 0.717) is 0 Å². The SMILES string of the molecule is CN[Si](NC)(NC)NC[Si](C)(C)C. The fourth-order valence-electron chi connectivity index (χ4n) is 1.04. The Morgan fingerprint density at radius 2 is 1.23 bits per heavy atom. The van der Waals surface area contributed by atoms with Crippen molar-refractivity contribution in [2.45, 2.75) is 19.6 Å². The second kappa shape index (κ2) is 5.23. The van der Waals surface area contributed by atoms with Crippen LogP contribution in [-0.4, -0.2) is 44.1 Å². The van der Waals surface area contributed by atoms with Crippen molar-refractivity contribution in [1.29, 1.82) is 0 Å². The summed E-state index contributed by atoms with van der Waals surface area (Å²) in [5.41, 5.74) is 0. The zero-order valence-corrected chi connectivity index (χ0v) is 11.7. The van der Waals surface area contributed by atoms with Gasteiger partial charge in [0, 0.05) is 0 Å². The molecule has 0 aliphatic rings. The van der Waals surface area contributed by atoms with Gasteiger partial charge in [0.2, 0.25) is 0 Å². The summed E-state index contributed by atoms with van der Waals surface area (Å²) in [5, 5.41) is 0. The summed E-state index contributed by atoms with van der Waals surface area (Å²) < 4.78 is 0. The largest absolute Gasteiger partial charge is 0.365 e. The van der Waals surface area contributed by atoms with Crippen molar-refractivity contribution in [1.82, 2.24) is 19.9 Å². The summed E-state index contributed by atoms with van der Waals surface area (Å²) in [6, 6.07) is 0. The molecule has 4 N–H and O–H groups in total. The van der Waals surface area contributed by atoms with Gasteiger partial charge in [-0.05, 0) is 27.3 Å². The van der Waals surface area contributed by atoms with Crippen LogP contribution >= 0.6 is 0 Å². The maximum atomic E-state index is 3.59. The van der Waals surface area contributed by atoms with E-state index in [4.69, 9.17) is 0 Å². The molecule has 0 aromatic carbocycles. The molecule has 0 fully saturated rings. The normalized spacial score (nSPS) is 13.4. The van der Waals surface area contributed by atoms with Gasteiger partial charge >= 0.3 is 8.72 Å². The number of hydrogen-bond acceptors (Lipinski definition) is 4. The van der Waals surface area contributed by atoms with Crippen LogP contribution < -0.4 is 19.9 Å². The fraction of sp³-hybridized carbons (Fsp3) is 1.00. The molecule has 6 heteroatoms. The second-order valence-corrected chi connectivity index (χ2v) is 13.2. The van der Waals surface area contributed by atoms with Crippen LogP contribution in [0.1, 0.15) is 0 Å². The van der Waals surface area contributed by atoms with E-state index in [0.717, 1.165) is 6.17 Å². The van der Waals surface area contributed by atoms with Crippen LogP contribution in [0.3, 0.4) is 0 Å². The molecule has 0 atom stereocenters. The van der Waals surface area contributed by atoms with Gasteiger partial charge in [-0.25, -0.2) is 0 Å². The first kappa shape index (κ1) is 13.3. The first-order valence-electron chi connectivity index (χ1n) is 4.71. The Hall–Kier alpha value is 0.274. The molecule has 0 saturated heterocycles. The monoisotopic (exact) mass is 220 g/mol. The molecule has 0 aromatic rings. The maximum Gasteiger partial charge on any atom is 0.365 e. The maximum absolute atomic E-state index is 3.59. The van der Waals surface area contributed by atoms with Gasteiger partial charge < -0.3 is 19.9 Å². The highest BCUT2D eigenvalue weighted by molar-refractivity contribution is 6.78. The van der Waals surface area contributed by atoms with Crippen molar-refractivity contribution in [3.8, 4) is 0 Å². The van der Waals surface area contributed by atoms with Gasteiger partial charge in [0.1, 0.15) is 0 Å². The summed E-state index contributed by atoms with van der Waals surface area (Å²) in [4.78, 5) is 13.5. The van der Waals surface area contributed by atoms with Gasteiger partial charge in [0.05, 0.1) is 8.07 Å². The molecule has 0 bridgehead atoms. The van der Waals surface area contributed by atoms with E-state index in [-0.39, 0.29) is 0 Å². The molecule has 13 heavy (non-hydrogen) atoms. The van der Waals surface area contributed by atoms with E-state index in [2.05, 4.69) is 39.6 Å². The Kier molecular flexibility index (Phi) is 5.34. The lowest BCUT2D eigenvalue weighted by molar-refractivity contribution is 0.820. The number of hydrogen-bond donors (Lipinski definition) is 4. The van der Waals surface area contributed by atoms with Crippen LogP contribution in [0.5, 0.6) is 0 Å². The molecule has 0 unspecified atom stereocenters. The van der Waals surface area contributed by atoms with Crippen molar-refractivity contribution in [3.05, 3.63) is 0 Å². The summed E-state index contributed by atoms with van der Waals surface area (Å²) in [7, 11) is 3.14. The smallest absolute Gasteiger partial charge is 0.303 e. The molecule has 80 valence electrons. The molecular weight excluding hydrogens is 196 g/mol. The van der Waals surface area contributed by atoms with Gasteiger partial charge in [-0.3, -0.25) is 0 Å². The first-order valence-corrected chi connectivity index (χ1v) is 10.4. The lowest BCUT2D eigenvalue weighted by Gasteiger charge is -2.32. The van der Waals surface area contributed by atoms with Crippen LogP contribution in [0.2, 0.25) is 19.6 Å². The topological polar surface area (TPSA) is 48.1 Å². The van der Waals surface area contributed by atoms with Crippen LogP contribution in [-0.2, 0) is 0 Å². The van der Waals surface area contributed by atoms with Crippen LogP contribution in [0.25, 0.3) is 0 Å². The van der Waals surface area contributed by atoms with Gasteiger partial charge in [-0.15, -0.1) is 0 Å². The minimum absolute atomic E-state index is 1.01. The van der Waals surface area contributed by atoms with Crippen LogP contribution in [0.15, 0.2) is 0 Å². The lowest BCUT2D eigenvalue weighted by Crippen LogP contribution is -2.79. The molecule has 0 aromatic heterocycles. The molecule has 4 nitrogen and oxygen atoms in total. The molecule has 0 spiro atoms. The Morgan fingerprint density at radius 3 is 1.46 bits per heavy atom. The summed E-state index contributed by atoms with van der Waals surface area (Å²) in [6.07, 6.45) is 1.13. The minimum atomic E-state index is -1.79. The first-order chi connectivity index (χ1) is 5.89. The highest BCUT2D eigenvalue weighted by Gasteiger charge is 2.30. The predicted octanol–water partition coefficient (Wildman–Crippen LogP) is -0.453. The molecule has 0 aliphatic heterocycles. The highest BCUT2D eigenvalue weighted by atomic mass is 28.4. The Balaban J connectivity index is 4.11. The van der Waals surface area contributed by atoms with E-state index < -0.39 is 16.8 Å². The number of nitrogens with one attached hydrogen (secondary N) is 4. The van der Waals surface area contributed by atoms with Gasteiger partial charge in [-0.2, -0.15) is 0 Å². The number of rotatable bonds is 6. The van der Waals surface area contributed by atoms with E-state index in [1.54, 1.807) is 0 Å². The zero-order chi connectivity index (χ0) is 10.5. The van der Waals surface area contributed by atoms with Crippen LogP contribution in [0, 0.1) is 0 Å². The van der Waals surface area contributed by atoms with Gasteiger partial charge in [0.25, 0.3) is 0 Å². The quantitative estimate of drug-likeness (QED) is 0.458. The minimum Gasteiger partial charge on any atom is -0.303 e. The molecule has 0 heterocycles. The molecule has 0 aliphatic carbocycles. The molecule has 0 rings (SSSR count). The van der Waals surface area contributed by atoms with Gasteiger partial charge in [0.15, 0.2) is 0 Å².